The Hall–Kier alpha value is -4.19. The summed E-state index contributed by atoms with van der Waals surface area (Å²) in [6.07, 6.45) is 5.18. The van der Waals surface area contributed by atoms with Gasteiger partial charge in [-0.15, -0.1) is 0 Å². The van der Waals surface area contributed by atoms with Gasteiger partial charge in [0.2, 0.25) is 0 Å². The van der Waals surface area contributed by atoms with Gasteiger partial charge in [0.05, 0.1) is 10.9 Å². The van der Waals surface area contributed by atoms with Crippen LogP contribution in [0.2, 0.25) is 0 Å². The lowest BCUT2D eigenvalue weighted by Crippen LogP contribution is -2.43. The van der Waals surface area contributed by atoms with E-state index in [4.69, 9.17) is 9.72 Å². The van der Waals surface area contributed by atoms with E-state index in [-0.39, 0.29) is 46.3 Å². The van der Waals surface area contributed by atoms with E-state index in [1.54, 1.807) is 19.2 Å². The first-order valence-corrected chi connectivity index (χ1v) is 14.6. The molecule has 3 saturated heterocycles. The highest BCUT2D eigenvalue weighted by Gasteiger charge is 2.45. The number of halogens is 3. The van der Waals surface area contributed by atoms with E-state index in [9.17, 15) is 14.3 Å². The normalized spacial score (nSPS) is 19.8. The topological polar surface area (TPSA) is 94.9 Å². The van der Waals surface area contributed by atoms with Gasteiger partial charge < -0.3 is 19.6 Å². The summed E-state index contributed by atoms with van der Waals surface area (Å²) in [7, 11) is 1.78. The first-order valence-electron chi connectivity index (χ1n) is 14.6. The van der Waals surface area contributed by atoms with Gasteiger partial charge >= 0.3 is 12.1 Å². The number of pyridine rings is 1. The van der Waals surface area contributed by atoms with Crippen molar-refractivity contribution in [1.29, 1.82) is 0 Å². The molecule has 0 saturated carbocycles. The highest BCUT2D eigenvalue weighted by atomic mass is 19.2. The molecule has 3 aliphatic heterocycles. The van der Waals surface area contributed by atoms with Crippen LogP contribution in [0.15, 0.2) is 36.5 Å². The third-order valence-corrected chi connectivity index (χ3v) is 9.43. The summed E-state index contributed by atoms with van der Waals surface area (Å²) in [5.74, 6) is -2.57. The minimum Gasteiger partial charge on any atom is -0.465 e. The van der Waals surface area contributed by atoms with E-state index in [1.807, 2.05) is 4.90 Å². The largest absolute Gasteiger partial charge is 0.465 e. The minimum atomic E-state index is -1.08. The molecule has 0 unspecified atom stereocenters. The molecule has 12 heteroatoms. The molecule has 7 rings (SSSR count). The van der Waals surface area contributed by atoms with Crippen LogP contribution in [0.1, 0.15) is 32.1 Å². The molecule has 2 aromatic heterocycles. The molecule has 0 bridgehead atoms. The van der Waals surface area contributed by atoms with Crippen molar-refractivity contribution in [2.45, 2.75) is 43.7 Å². The van der Waals surface area contributed by atoms with Gasteiger partial charge in [0, 0.05) is 43.3 Å². The summed E-state index contributed by atoms with van der Waals surface area (Å²) in [6, 6.07) is 7.03. The first-order chi connectivity index (χ1) is 20.8. The second kappa shape index (κ2) is 10.5. The molecule has 43 heavy (non-hydrogen) atoms. The van der Waals surface area contributed by atoms with Crippen molar-refractivity contribution in [3.8, 4) is 17.3 Å². The summed E-state index contributed by atoms with van der Waals surface area (Å²) in [5, 5.41) is 10.1. The Balaban J connectivity index is 1.34. The van der Waals surface area contributed by atoms with E-state index in [1.165, 1.54) is 23.2 Å². The van der Waals surface area contributed by atoms with Crippen LogP contribution in [0.4, 0.5) is 23.8 Å². The molecule has 1 atom stereocenters. The lowest BCUT2D eigenvalue weighted by Gasteiger charge is -2.31. The average Bonchev–Trinajstić information content (AvgIpc) is 3.74. The molecule has 4 aromatic rings. The van der Waals surface area contributed by atoms with Crippen LogP contribution in [-0.4, -0.2) is 87.4 Å². The lowest BCUT2D eigenvalue weighted by atomic mass is 9.95. The molecule has 1 amide bonds. The predicted molar refractivity (Wildman–Crippen MR) is 155 cm³/mol. The SMILES string of the molecule is CN(c1nc(OCC23CCCN2CCC3)nc2c(F)c(-c3cccc4ccc(F)c(F)c34)ncc12)[C@@H]1CCN(C(=O)O)C1. The van der Waals surface area contributed by atoms with Crippen molar-refractivity contribution >= 4 is 33.6 Å². The zero-order valence-electron chi connectivity index (χ0n) is 23.7. The Morgan fingerprint density at radius 1 is 1.09 bits per heavy atom. The van der Waals surface area contributed by atoms with Crippen molar-refractivity contribution < 1.29 is 27.8 Å². The van der Waals surface area contributed by atoms with Crippen LogP contribution in [0.25, 0.3) is 32.9 Å². The number of likely N-dealkylation sites (tertiary alicyclic amines) is 1. The van der Waals surface area contributed by atoms with Gasteiger partial charge in [0.1, 0.15) is 23.6 Å². The Labute approximate surface area is 245 Å². The Morgan fingerprint density at radius 3 is 2.63 bits per heavy atom. The smallest absolute Gasteiger partial charge is 0.407 e. The third kappa shape index (κ3) is 4.59. The highest BCUT2D eigenvalue weighted by Crippen LogP contribution is 2.40. The van der Waals surface area contributed by atoms with Crippen molar-refractivity contribution in [3.63, 3.8) is 0 Å². The van der Waals surface area contributed by atoms with E-state index >= 15 is 8.78 Å². The number of hydrogen-bond donors (Lipinski definition) is 1. The van der Waals surface area contributed by atoms with E-state index < -0.39 is 23.5 Å². The number of aromatic nitrogens is 3. The highest BCUT2D eigenvalue weighted by molar-refractivity contribution is 5.99. The lowest BCUT2D eigenvalue weighted by molar-refractivity contribution is 0.108. The number of ether oxygens (including phenoxy) is 1. The number of carbonyl (C=O) groups is 1. The molecule has 0 radical (unpaired) electrons. The number of rotatable bonds is 6. The van der Waals surface area contributed by atoms with E-state index in [2.05, 4.69) is 14.9 Å². The van der Waals surface area contributed by atoms with Gasteiger partial charge in [0.15, 0.2) is 17.5 Å². The summed E-state index contributed by atoms with van der Waals surface area (Å²) in [6.45, 7) is 3.04. The molecule has 0 aliphatic carbocycles. The zero-order chi connectivity index (χ0) is 29.9. The van der Waals surface area contributed by atoms with Crippen molar-refractivity contribution in [1.82, 2.24) is 24.8 Å². The van der Waals surface area contributed by atoms with Gasteiger partial charge in [-0.25, -0.2) is 18.0 Å². The maximum Gasteiger partial charge on any atom is 0.407 e. The maximum atomic E-state index is 16.5. The number of carboxylic acid groups (broad SMARTS) is 1. The van der Waals surface area contributed by atoms with Gasteiger partial charge in [-0.1, -0.05) is 24.3 Å². The third-order valence-electron chi connectivity index (χ3n) is 9.43. The number of likely N-dealkylation sites (N-methyl/N-ethyl adjacent to an activating group) is 1. The minimum absolute atomic E-state index is 0.00163. The monoisotopic (exact) mass is 592 g/mol. The molecule has 9 nitrogen and oxygen atoms in total. The fourth-order valence-corrected chi connectivity index (χ4v) is 7.11. The number of nitrogens with zero attached hydrogens (tertiary/aromatic N) is 6. The molecular formula is C31H31F3N6O3. The second-order valence-corrected chi connectivity index (χ2v) is 11.8. The summed E-state index contributed by atoms with van der Waals surface area (Å²) < 4.78 is 52.0. The van der Waals surface area contributed by atoms with Crippen LogP contribution in [-0.2, 0) is 0 Å². The summed E-state index contributed by atoms with van der Waals surface area (Å²) in [4.78, 5) is 30.7. The zero-order valence-corrected chi connectivity index (χ0v) is 23.7. The molecule has 1 N–H and O–H groups in total. The van der Waals surface area contributed by atoms with Gasteiger partial charge in [-0.05, 0) is 56.6 Å². The molecular weight excluding hydrogens is 561 g/mol. The van der Waals surface area contributed by atoms with Crippen LogP contribution in [0.3, 0.4) is 0 Å². The number of benzene rings is 2. The molecule has 3 aliphatic rings. The Kier molecular flexibility index (Phi) is 6.76. The molecule has 2 aromatic carbocycles. The summed E-state index contributed by atoms with van der Waals surface area (Å²) in [5.41, 5.74) is -0.227. The maximum absolute atomic E-state index is 16.5. The molecule has 3 fully saturated rings. The molecule has 0 spiro atoms. The van der Waals surface area contributed by atoms with Crippen molar-refractivity contribution in [2.75, 3.05) is 44.7 Å². The van der Waals surface area contributed by atoms with Crippen molar-refractivity contribution in [3.05, 3.63) is 54.0 Å². The average molecular weight is 593 g/mol. The Bertz CT molecular complexity index is 1740. The summed E-state index contributed by atoms with van der Waals surface area (Å²) >= 11 is 0. The predicted octanol–water partition coefficient (Wildman–Crippen LogP) is 5.46. The van der Waals surface area contributed by atoms with E-state index in [0.717, 1.165) is 44.8 Å². The van der Waals surface area contributed by atoms with Gasteiger partial charge in [0.25, 0.3) is 0 Å². The van der Waals surface area contributed by atoms with Crippen LogP contribution < -0.4 is 9.64 Å². The quantitative estimate of drug-likeness (QED) is 0.316. The number of fused-ring (bicyclic) bond motifs is 3. The van der Waals surface area contributed by atoms with Crippen LogP contribution >= 0.6 is 0 Å². The van der Waals surface area contributed by atoms with Crippen LogP contribution in [0, 0.1) is 17.5 Å². The molecule has 224 valence electrons. The van der Waals surface area contributed by atoms with Crippen LogP contribution in [0.5, 0.6) is 6.01 Å². The van der Waals surface area contributed by atoms with Crippen molar-refractivity contribution in [2.24, 2.45) is 0 Å². The number of hydrogen-bond acceptors (Lipinski definition) is 7. The van der Waals surface area contributed by atoms with Gasteiger partial charge in [-0.3, -0.25) is 9.88 Å². The fraction of sp³-hybridized carbons (Fsp3) is 0.419. The number of anilines is 1. The van der Waals surface area contributed by atoms with E-state index in [0.29, 0.717) is 36.2 Å². The standard InChI is InChI=1S/C31H31F3N6O3/c1-38(19-9-14-39(16-19)30(41)42)28-21-15-35-26(20-6-2-5-18-7-8-22(32)24(33)23(18)20)25(34)27(21)36-29(37-28)43-17-31-10-3-12-40(31)13-4-11-31/h2,5-8,15,19H,3-4,9-14,16-17H2,1H3,(H,41,42)/t19-/m1/s1. The van der Waals surface area contributed by atoms with Gasteiger partial charge in [-0.2, -0.15) is 9.97 Å². The second-order valence-electron chi connectivity index (χ2n) is 11.8. The first kappa shape index (κ1) is 27.6. The molecule has 5 heterocycles. The fourth-order valence-electron chi connectivity index (χ4n) is 7.11. The number of amides is 1. The Morgan fingerprint density at radius 2 is 1.88 bits per heavy atom.